The molecule has 28 heavy (non-hydrogen) atoms. The van der Waals surface area contributed by atoms with Crippen molar-refractivity contribution in [2.45, 2.75) is 46.2 Å². The maximum absolute atomic E-state index is 11.6. The highest BCUT2D eigenvalue weighted by Crippen LogP contribution is 2.19. The number of hydrogen-bond donors (Lipinski definition) is 2. The average Bonchev–Trinajstić information content (AvgIpc) is 2.68. The first-order valence-corrected chi connectivity index (χ1v) is 9.67. The first-order chi connectivity index (χ1) is 13.1. The van der Waals surface area contributed by atoms with E-state index in [0.717, 1.165) is 42.2 Å². The van der Waals surface area contributed by atoms with Gasteiger partial charge in [-0.2, -0.15) is 0 Å². The molecular formula is C20H33IN4O3. The van der Waals surface area contributed by atoms with Crippen molar-refractivity contribution in [1.82, 2.24) is 15.5 Å². The number of aryl methyl sites for hydroxylation is 1. The zero-order chi connectivity index (χ0) is 19.6. The van der Waals surface area contributed by atoms with E-state index in [1.165, 1.54) is 7.11 Å². The summed E-state index contributed by atoms with van der Waals surface area (Å²) < 4.78 is 10.4. The molecule has 7 nitrogen and oxygen atoms in total. The summed E-state index contributed by atoms with van der Waals surface area (Å²) in [4.78, 5) is 18.0. The Morgan fingerprint density at radius 3 is 2.57 bits per heavy atom. The maximum atomic E-state index is 11.6. The molecule has 1 aliphatic rings. The number of ether oxygens (including phenoxy) is 2. The van der Waals surface area contributed by atoms with Crippen LogP contribution in [0.5, 0.6) is 5.75 Å². The number of aliphatic imine (C=N–C) groups is 1. The molecule has 2 rings (SSSR count). The number of likely N-dealkylation sites (tertiary alicyclic amines) is 1. The summed E-state index contributed by atoms with van der Waals surface area (Å²) in [6.45, 7) is 9.56. The monoisotopic (exact) mass is 504 g/mol. The van der Waals surface area contributed by atoms with E-state index >= 15 is 0 Å². The second-order valence-corrected chi connectivity index (χ2v) is 6.60. The molecule has 1 amide bonds. The standard InChI is InChI=1S/C20H32N4O3.HI/c1-5-21-19(23-17-9-11-24(12-10-17)20(25)26-4)22-14-16-7-8-18(27-6-2)15(3)13-16;/h7-8,13,17H,5-6,9-12,14H2,1-4H3,(H2,21,22,23);1H. The van der Waals surface area contributed by atoms with Gasteiger partial charge in [-0.3, -0.25) is 0 Å². The van der Waals surface area contributed by atoms with Crippen LogP contribution in [0.1, 0.15) is 37.8 Å². The fraction of sp³-hybridized carbons (Fsp3) is 0.600. The summed E-state index contributed by atoms with van der Waals surface area (Å²) in [5.41, 5.74) is 2.27. The number of methoxy groups -OCH3 is 1. The largest absolute Gasteiger partial charge is 0.494 e. The molecule has 0 bridgehead atoms. The molecule has 2 N–H and O–H groups in total. The number of carbonyl (C=O) groups excluding carboxylic acids is 1. The molecule has 1 aromatic carbocycles. The molecule has 1 aromatic rings. The number of piperidine rings is 1. The zero-order valence-corrected chi connectivity index (χ0v) is 19.6. The Labute approximate surface area is 185 Å². The number of hydrogen-bond acceptors (Lipinski definition) is 4. The third-order valence-electron chi connectivity index (χ3n) is 4.57. The Kier molecular flexibility index (Phi) is 11.0. The van der Waals surface area contributed by atoms with Crippen molar-refractivity contribution in [3.05, 3.63) is 29.3 Å². The summed E-state index contributed by atoms with van der Waals surface area (Å²) in [6, 6.07) is 6.48. The molecule has 0 aromatic heterocycles. The van der Waals surface area contributed by atoms with Crippen LogP contribution in [0.2, 0.25) is 0 Å². The molecule has 0 atom stereocenters. The van der Waals surface area contributed by atoms with Gasteiger partial charge in [-0.25, -0.2) is 9.79 Å². The second-order valence-electron chi connectivity index (χ2n) is 6.60. The van der Waals surface area contributed by atoms with Crippen molar-refractivity contribution in [3.8, 4) is 5.75 Å². The molecule has 1 aliphatic heterocycles. The Hall–Kier alpha value is -1.71. The molecule has 1 fully saturated rings. The molecule has 8 heteroatoms. The summed E-state index contributed by atoms with van der Waals surface area (Å²) in [7, 11) is 1.42. The highest BCUT2D eigenvalue weighted by atomic mass is 127. The molecular weight excluding hydrogens is 471 g/mol. The lowest BCUT2D eigenvalue weighted by molar-refractivity contribution is 0.111. The van der Waals surface area contributed by atoms with Crippen molar-refractivity contribution in [1.29, 1.82) is 0 Å². The average molecular weight is 504 g/mol. The first-order valence-electron chi connectivity index (χ1n) is 9.67. The Morgan fingerprint density at radius 1 is 1.29 bits per heavy atom. The van der Waals surface area contributed by atoms with E-state index in [4.69, 9.17) is 14.5 Å². The molecule has 0 spiro atoms. The SMILES string of the molecule is CCNC(=NCc1ccc(OCC)c(C)c1)NC1CCN(C(=O)OC)CC1.I. The second kappa shape index (κ2) is 12.7. The highest BCUT2D eigenvalue weighted by molar-refractivity contribution is 14.0. The van der Waals surface area contributed by atoms with Crippen LogP contribution in [-0.2, 0) is 11.3 Å². The van der Waals surface area contributed by atoms with Crippen molar-refractivity contribution < 1.29 is 14.3 Å². The third-order valence-corrected chi connectivity index (χ3v) is 4.57. The summed E-state index contributed by atoms with van der Waals surface area (Å²) in [5.74, 6) is 1.73. The third kappa shape index (κ3) is 7.37. The van der Waals surface area contributed by atoms with Crippen LogP contribution >= 0.6 is 24.0 Å². The number of nitrogens with zero attached hydrogens (tertiary/aromatic N) is 2. The maximum Gasteiger partial charge on any atom is 0.409 e. The number of carbonyl (C=O) groups is 1. The minimum Gasteiger partial charge on any atom is -0.494 e. The van der Waals surface area contributed by atoms with Gasteiger partial charge in [-0.05, 0) is 50.8 Å². The normalized spacial score (nSPS) is 14.9. The summed E-state index contributed by atoms with van der Waals surface area (Å²) in [6.07, 6.45) is 1.50. The fourth-order valence-electron chi connectivity index (χ4n) is 3.15. The van der Waals surface area contributed by atoms with Gasteiger partial charge in [-0.1, -0.05) is 12.1 Å². The van der Waals surface area contributed by atoms with Gasteiger partial charge < -0.3 is 25.0 Å². The van der Waals surface area contributed by atoms with Crippen molar-refractivity contribution in [2.24, 2.45) is 4.99 Å². The lowest BCUT2D eigenvalue weighted by Crippen LogP contribution is -2.49. The van der Waals surface area contributed by atoms with Gasteiger partial charge in [0.05, 0.1) is 20.3 Å². The number of rotatable bonds is 6. The van der Waals surface area contributed by atoms with E-state index in [-0.39, 0.29) is 30.1 Å². The van der Waals surface area contributed by atoms with Crippen LogP contribution in [0.3, 0.4) is 0 Å². The van der Waals surface area contributed by atoms with E-state index in [1.54, 1.807) is 4.90 Å². The minimum atomic E-state index is -0.250. The molecule has 0 aliphatic carbocycles. The van der Waals surface area contributed by atoms with Gasteiger partial charge in [0.15, 0.2) is 5.96 Å². The molecule has 0 unspecified atom stereocenters. The van der Waals surface area contributed by atoms with Crippen LogP contribution in [0, 0.1) is 6.92 Å². The van der Waals surface area contributed by atoms with E-state index in [9.17, 15) is 4.79 Å². The first kappa shape index (κ1) is 24.3. The highest BCUT2D eigenvalue weighted by Gasteiger charge is 2.23. The molecule has 1 heterocycles. The van der Waals surface area contributed by atoms with E-state index in [0.29, 0.717) is 32.3 Å². The molecule has 158 valence electrons. The van der Waals surface area contributed by atoms with Gasteiger partial charge in [0.2, 0.25) is 0 Å². The number of benzene rings is 1. The quantitative estimate of drug-likeness (QED) is 0.354. The number of nitrogens with one attached hydrogen (secondary N) is 2. The van der Waals surface area contributed by atoms with Crippen molar-refractivity contribution in [3.63, 3.8) is 0 Å². The lowest BCUT2D eigenvalue weighted by Gasteiger charge is -2.32. The summed E-state index contributed by atoms with van der Waals surface area (Å²) in [5, 5.41) is 6.79. The Balaban J connectivity index is 0.00000392. The van der Waals surface area contributed by atoms with Crippen molar-refractivity contribution in [2.75, 3.05) is 33.4 Å². The number of amides is 1. The van der Waals surface area contributed by atoms with Gasteiger partial charge in [-0.15, -0.1) is 24.0 Å². The lowest BCUT2D eigenvalue weighted by atomic mass is 10.1. The Bertz CT molecular complexity index is 646. The smallest absolute Gasteiger partial charge is 0.409 e. The van der Waals surface area contributed by atoms with Crippen LogP contribution in [0.15, 0.2) is 23.2 Å². The number of halogens is 1. The summed E-state index contributed by atoms with van der Waals surface area (Å²) >= 11 is 0. The number of guanidine groups is 1. The molecule has 0 saturated carbocycles. The van der Waals surface area contributed by atoms with Gasteiger partial charge in [0, 0.05) is 25.7 Å². The van der Waals surface area contributed by atoms with E-state index in [2.05, 4.69) is 36.6 Å². The van der Waals surface area contributed by atoms with Crippen LogP contribution < -0.4 is 15.4 Å². The predicted molar refractivity (Wildman–Crippen MR) is 123 cm³/mol. The van der Waals surface area contributed by atoms with Gasteiger partial charge in [0.25, 0.3) is 0 Å². The van der Waals surface area contributed by atoms with Crippen LogP contribution in [-0.4, -0.2) is 56.3 Å². The topological polar surface area (TPSA) is 75.2 Å². The molecule has 1 saturated heterocycles. The van der Waals surface area contributed by atoms with Crippen molar-refractivity contribution >= 4 is 36.0 Å². The fourth-order valence-corrected chi connectivity index (χ4v) is 3.15. The van der Waals surface area contributed by atoms with E-state index < -0.39 is 0 Å². The van der Waals surface area contributed by atoms with Gasteiger partial charge in [0.1, 0.15) is 5.75 Å². The van der Waals surface area contributed by atoms with Crippen LogP contribution in [0.25, 0.3) is 0 Å². The minimum absolute atomic E-state index is 0. The van der Waals surface area contributed by atoms with Gasteiger partial charge >= 0.3 is 6.09 Å². The predicted octanol–water partition coefficient (Wildman–Crippen LogP) is 3.30. The van der Waals surface area contributed by atoms with E-state index in [1.807, 2.05) is 13.0 Å². The zero-order valence-electron chi connectivity index (χ0n) is 17.3. The Morgan fingerprint density at radius 2 is 2.00 bits per heavy atom. The molecule has 0 radical (unpaired) electrons. The van der Waals surface area contributed by atoms with Crippen LogP contribution in [0.4, 0.5) is 4.79 Å².